The zero-order valence-corrected chi connectivity index (χ0v) is 11.8. The predicted octanol–water partition coefficient (Wildman–Crippen LogP) is 2.44. The first-order valence-corrected chi connectivity index (χ1v) is 7.54. The summed E-state index contributed by atoms with van der Waals surface area (Å²) in [6.07, 6.45) is 2.42. The zero-order valence-electron chi connectivity index (χ0n) is 11.8. The Morgan fingerprint density at radius 2 is 2.21 bits per heavy atom. The molecule has 1 saturated heterocycles. The van der Waals surface area contributed by atoms with Gasteiger partial charge in [-0.2, -0.15) is 0 Å². The Morgan fingerprint density at radius 3 is 3.05 bits per heavy atom. The first kappa shape index (κ1) is 12.9. The fourth-order valence-electron chi connectivity index (χ4n) is 3.23. The molecule has 3 heteroatoms. The summed E-state index contributed by atoms with van der Waals surface area (Å²) in [6, 6.07) is 8.91. The van der Waals surface area contributed by atoms with E-state index in [0.717, 1.165) is 31.2 Å². The fraction of sp³-hybridized carbons (Fsp3) is 0.625. The van der Waals surface area contributed by atoms with Crippen LogP contribution in [0.25, 0.3) is 0 Å². The van der Waals surface area contributed by atoms with Crippen molar-refractivity contribution in [1.82, 2.24) is 10.2 Å². The first-order chi connectivity index (χ1) is 9.36. The summed E-state index contributed by atoms with van der Waals surface area (Å²) in [5.74, 6) is 1.88. The average molecular weight is 260 g/mol. The van der Waals surface area contributed by atoms with E-state index in [2.05, 4.69) is 41.4 Å². The summed E-state index contributed by atoms with van der Waals surface area (Å²) < 4.78 is 5.71. The molecule has 0 radical (unpaired) electrons. The Labute approximate surface area is 115 Å². The number of ether oxygens (including phenoxy) is 1. The molecule has 0 amide bonds. The van der Waals surface area contributed by atoms with Gasteiger partial charge < -0.3 is 15.0 Å². The Morgan fingerprint density at radius 1 is 1.32 bits per heavy atom. The van der Waals surface area contributed by atoms with E-state index in [-0.39, 0.29) is 0 Å². The third-order valence-corrected chi connectivity index (χ3v) is 4.43. The van der Waals surface area contributed by atoms with E-state index in [1.54, 1.807) is 0 Å². The molecule has 2 aliphatic rings. The van der Waals surface area contributed by atoms with Crippen LogP contribution in [-0.2, 0) is 0 Å². The quantitative estimate of drug-likeness (QED) is 0.900. The first-order valence-electron chi connectivity index (χ1n) is 7.54. The van der Waals surface area contributed by atoms with Gasteiger partial charge in [-0.15, -0.1) is 0 Å². The molecule has 1 N–H and O–H groups in total. The van der Waals surface area contributed by atoms with E-state index >= 15 is 0 Å². The van der Waals surface area contributed by atoms with Crippen LogP contribution in [0.5, 0.6) is 5.75 Å². The van der Waals surface area contributed by atoms with Crippen LogP contribution in [0.2, 0.25) is 0 Å². The van der Waals surface area contributed by atoms with Gasteiger partial charge in [0.05, 0.1) is 6.61 Å². The third-order valence-electron chi connectivity index (χ3n) is 4.43. The van der Waals surface area contributed by atoms with Gasteiger partial charge in [-0.25, -0.2) is 0 Å². The van der Waals surface area contributed by atoms with Crippen LogP contribution in [-0.4, -0.2) is 37.7 Å². The molecule has 0 bridgehead atoms. The zero-order chi connectivity index (χ0) is 13.1. The lowest BCUT2D eigenvalue weighted by molar-refractivity contribution is 0.247. The van der Waals surface area contributed by atoms with Crippen molar-refractivity contribution in [2.45, 2.75) is 25.8 Å². The summed E-state index contributed by atoms with van der Waals surface area (Å²) in [5, 5.41) is 3.76. The van der Waals surface area contributed by atoms with E-state index in [1.165, 1.54) is 31.6 Å². The van der Waals surface area contributed by atoms with Crippen molar-refractivity contribution in [3.05, 3.63) is 29.8 Å². The highest BCUT2D eigenvalue weighted by molar-refractivity contribution is 5.37. The van der Waals surface area contributed by atoms with Crippen molar-refractivity contribution in [2.24, 2.45) is 5.92 Å². The number of benzene rings is 1. The predicted molar refractivity (Wildman–Crippen MR) is 77.5 cm³/mol. The summed E-state index contributed by atoms with van der Waals surface area (Å²) in [4.78, 5) is 2.55. The number of rotatable bonds is 4. The summed E-state index contributed by atoms with van der Waals surface area (Å²) in [7, 11) is 0. The molecule has 3 rings (SSSR count). The molecule has 2 unspecified atom stereocenters. The fourth-order valence-corrected chi connectivity index (χ4v) is 3.23. The van der Waals surface area contributed by atoms with Gasteiger partial charge in [0, 0.05) is 24.6 Å². The number of likely N-dealkylation sites (tertiary alicyclic amines) is 1. The van der Waals surface area contributed by atoms with E-state index in [0.29, 0.717) is 6.04 Å². The Hall–Kier alpha value is -1.06. The molecule has 2 atom stereocenters. The number of fused-ring (bicyclic) bond motifs is 1. The second kappa shape index (κ2) is 5.93. The topological polar surface area (TPSA) is 24.5 Å². The molecule has 0 aliphatic carbocycles. The maximum atomic E-state index is 5.71. The molecule has 0 spiro atoms. The van der Waals surface area contributed by atoms with Crippen molar-refractivity contribution in [3.8, 4) is 5.75 Å². The lowest BCUT2D eigenvalue weighted by Crippen LogP contribution is -2.32. The second-order valence-electron chi connectivity index (χ2n) is 5.68. The van der Waals surface area contributed by atoms with Crippen LogP contribution >= 0.6 is 0 Å². The van der Waals surface area contributed by atoms with Gasteiger partial charge in [-0.1, -0.05) is 25.1 Å². The summed E-state index contributed by atoms with van der Waals surface area (Å²) in [6.45, 7) is 7.94. The molecule has 2 aliphatic heterocycles. The highest BCUT2D eigenvalue weighted by Crippen LogP contribution is 2.31. The van der Waals surface area contributed by atoms with Crippen LogP contribution < -0.4 is 10.1 Å². The molecule has 3 nitrogen and oxygen atoms in total. The van der Waals surface area contributed by atoms with Crippen LogP contribution in [0, 0.1) is 5.92 Å². The number of nitrogens with one attached hydrogen (secondary N) is 1. The molecule has 1 aromatic rings. The molecule has 0 aromatic heterocycles. The summed E-state index contributed by atoms with van der Waals surface area (Å²) in [5.41, 5.74) is 1.33. The average Bonchev–Trinajstić information content (AvgIpc) is 2.93. The van der Waals surface area contributed by atoms with Gasteiger partial charge in [-0.05, 0) is 38.0 Å². The highest BCUT2D eigenvalue weighted by atomic mass is 16.5. The molecule has 2 heterocycles. The molecule has 0 saturated carbocycles. The number of hydrogen-bond acceptors (Lipinski definition) is 3. The van der Waals surface area contributed by atoms with Crippen molar-refractivity contribution in [3.63, 3.8) is 0 Å². The molecule has 1 aromatic carbocycles. The third kappa shape index (κ3) is 2.93. The van der Waals surface area contributed by atoms with Crippen molar-refractivity contribution < 1.29 is 4.74 Å². The molecule has 19 heavy (non-hydrogen) atoms. The van der Waals surface area contributed by atoms with Gasteiger partial charge in [0.2, 0.25) is 0 Å². The monoisotopic (exact) mass is 260 g/mol. The van der Waals surface area contributed by atoms with E-state index in [9.17, 15) is 0 Å². The minimum absolute atomic E-state index is 0.473. The Bertz CT molecular complexity index is 421. The minimum atomic E-state index is 0.473. The highest BCUT2D eigenvalue weighted by Gasteiger charge is 2.24. The molecular weight excluding hydrogens is 236 g/mol. The molecular formula is C16H24N2O. The Balaban J connectivity index is 1.57. The van der Waals surface area contributed by atoms with E-state index in [4.69, 9.17) is 4.74 Å². The van der Waals surface area contributed by atoms with Crippen LogP contribution in [0.4, 0.5) is 0 Å². The van der Waals surface area contributed by atoms with Gasteiger partial charge in [0.25, 0.3) is 0 Å². The normalized spacial score (nSPS) is 27.0. The lowest BCUT2D eigenvalue weighted by Gasteiger charge is -2.27. The van der Waals surface area contributed by atoms with Gasteiger partial charge in [-0.3, -0.25) is 0 Å². The number of hydrogen-bond donors (Lipinski definition) is 1. The SMILES string of the molecule is CCN1CCC(CNC2CCOc3ccccc32)C1. The van der Waals surface area contributed by atoms with E-state index in [1.807, 2.05) is 0 Å². The maximum absolute atomic E-state index is 5.71. The van der Waals surface area contributed by atoms with Gasteiger partial charge >= 0.3 is 0 Å². The van der Waals surface area contributed by atoms with Crippen molar-refractivity contribution in [2.75, 3.05) is 32.8 Å². The summed E-state index contributed by atoms with van der Waals surface area (Å²) >= 11 is 0. The van der Waals surface area contributed by atoms with Gasteiger partial charge in [0.15, 0.2) is 0 Å². The van der Waals surface area contributed by atoms with E-state index < -0.39 is 0 Å². The lowest BCUT2D eigenvalue weighted by atomic mass is 9.99. The van der Waals surface area contributed by atoms with Crippen LogP contribution in [0.15, 0.2) is 24.3 Å². The van der Waals surface area contributed by atoms with Crippen LogP contribution in [0.1, 0.15) is 31.4 Å². The Kier molecular flexibility index (Phi) is 4.04. The largest absolute Gasteiger partial charge is 0.493 e. The number of nitrogens with zero attached hydrogens (tertiary/aromatic N) is 1. The van der Waals surface area contributed by atoms with Crippen molar-refractivity contribution in [1.29, 1.82) is 0 Å². The van der Waals surface area contributed by atoms with Gasteiger partial charge in [0.1, 0.15) is 5.75 Å². The second-order valence-corrected chi connectivity index (χ2v) is 5.68. The van der Waals surface area contributed by atoms with Crippen molar-refractivity contribution >= 4 is 0 Å². The minimum Gasteiger partial charge on any atom is -0.493 e. The molecule has 1 fully saturated rings. The van der Waals surface area contributed by atoms with Crippen LogP contribution in [0.3, 0.4) is 0 Å². The molecule has 104 valence electrons. The maximum Gasteiger partial charge on any atom is 0.124 e. The smallest absolute Gasteiger partial charge is 0.124 e. The standard InChI is InChI=1S/C16H24N2O/c1-2-18-9-7-13(12-18)11-17-15-8-10-19-16-6-4-3-5-14(15)16/h3-6,13,15,17H,2,7-12H2,1H3. The number of para-hydroxylation sites is 1.